The molecular formula is C18H15Cl2N3O3. The number of para-hydroxylation sites is 1. The van der Waals surface area contributed by atoms with Gasteiger partial charge in [-0.25, -0.2) is 5.43 Å². The molecule has 2 N–H and O–H groups in total. The van der Waals surface area contributed by atoms with E-state index >= 15 is 0 Å². The number of hydrogen-bond donors (Lipinski definition) is 2. The molecule has 0 atom stereocenters. The fourth-order valence-electron chi connectivity index (χ4n) is 1.86. The lowest BCUT2D eigenvalue weighted by molar-refractivity contribution is -0.136. The van der Waals surface area contributed by atoms with Gasteiger partial charge in [0.05, 0.1) is 21.9 Å². The van der Waals surface area contributed by atoms with Crippen molar-refractivity contribution in [3.05, 3.63) is 70.7 Å². The van der Waals surface area contributed by atoms with Crippen molar-refractivity contribution in [2.24, 2.45) is 5.10 Å². The molecule has 134 valence electrons. The van der Waals surface area contributed by atoms with Crippen molar-refractivity contribution in [2.45, 2.75) is 0 Å². The van der Waals surface area contributed by atoms with Gasteiger partial charge in [0, 0.05) is 5.56 Å². The van der Waals surface area contributed by atoms with Crippen LogP contribution in [0.3, 0.4) is 0 Å². The number of hydrazone groups is 1. The third kappa shape index (κ3) is 5.34. The van der Waals surface area contributed by atoms with E-state index in [1.54, 1.807) is 42.5 Å². The summed E-state index contributed by atoms with van der Waals surface area (Å²) in [6.45, 7) is 3.91. The van der Waals surface area contributed by atoms with Gasteiger partial charge in [-0.15, -0.1) is 0 Å². The summed E-state index contributed by atoms with van der Waals surface area (Å²) in [6, 6.07) is 11.8. The number of benzene rings is 2. The molecule has 0 saturated carbocycles. The first-order chi connectivity index (χ1) is 12.5. The van der Waals surface area contributed by atoms with Gasteiger partial charge in [-0.05, 0) is 24.3 Å². The van der Waals surface area contributed by atoms with Crippen LogP contribution in [0.2, 0.25) is 10.0 Å². The summed E-state index contributed by atoms with van der Waals surface area (Å²) in [5, 5.41) is 6.53. The zero-order valence-corrected chi connectivity index (χ0v) is 15.1. The Morgan fingerprint density at radius 2 is 1.88 bits per heavy atom. The highest BCUT2D eigenvalue weighted by molar-refractivity contribution is 6.45. The quantitative estimate of drug-likeness (QED) is 0.341. The van der Waals surface area contributed by atoms with Crippen molar-refractivity contribution in [2.75, 3.05) is 11.9 Å². The van der Waals surface area contributed by atoms with Gasteiger partial charge in [0.1, 0.15) is 12.4 Å². The van der Waals surface area contributed by atoms with E-state index in [1.165, 1.54) is 12.3 Å². The average Bonchev–Trinajstić information content (AvgIpc) is 2.64. The Morgan fingerprint density at radius 1 is 1.12 bits per heavy atom. The molecular weight excluding hydrogens is 377 g/mol. The van der Waals surface area contributed by atoms with E-state index in [2.05, 4.69) is 22.4 Å². The van der Waals surface area contributed by atoms with Gasteiger partial charge >= 0.3 is 11.8 Å². The molecule has 8 heteroatoms. The molecule has 2 rings (SSSR count). The van der Waals surface area contributed by atoms with Gasteiger partial charge < -0.3 is 10.1 Å². The number of hydrogen-bond acceptors (Lipinski definition) is 4. The summed E-state index contributed by atoms with van der Waals surface area (Å²) >= 11 is 11.8. The Labute approximate surface area is 160 Å². The Morgan fingerprint density at radius 3 is 2.65 bits per heavy atom. The van der Waals surface area contributed by atoms with Crippen LogP contribution in [0.1, 0.15) is 5.56 Å². The first kappa shape index (κ1) is 19.5. The lowest BCUT2D eigenvalue weighted by atomic mass is 10.2. The number of carbonyl (C=O) groups is 2. The molecule has 0 radical (unpaired) electrons. The normalized spacial score (nSPS) is 10.4. The highest BCUT2D eigenvalue weighted by Gasteiger charge is 2.15. The van der Waals surface area contributed by atoms with Crippen LogP contribution >= 0.6 is 23.2 Å². The molecule has 6 nitrogen and oxygen atoms in total. The molecule has 0 bridgehead atoms. The molecule has 2 aromatic carbocycles. The summed E-state index contributed by atoms with van der Waals surface area (Å²) in [7, 11) is 0. The van der Waals surface area contributed by atoms with Gasteiger partial charge in [-0.2, -0.15) is 5.10 Å². The van der Waals surface area contributed by atoms with Crippen LogP contribution in [0.5, 0.6) is 5.75 Å². The van der Waals surface area contributed by atoms with Crippen molar-refractivity contribution in [1.82, 2.24) is 5.43 Å². The lowest BCUT2D eigenvalue weighted by Gasteiger charge is -2.07. The topological polar surface area (TPSA) is 79.8 Å². The van der Waals surface area contributed by atoms with Gasteiger partial charge in [-0.1, -0.05) is 54.1 Å². The number of nitrogens with one attached hydrogen (secondary N) is 2. The summed E-state index contributed by atoms with van der Waals surface area (Å²) in [4.78, 5) is 23.7. The van der Waals surface area contributed by atoms with E-state index in [0.717, 1.165) is 0 Å². The number of amides is 2. The second kappa shape index (κ2) is 9.60. The largest absolute Gasteiger partial charge is 0.489 e. The van der Waals surface area contributed by atoms with Crippen LogP contribution in [0.25, 0.3) is 0 Å². The summed E-state index contributed by atoms with van der Waals surface area (Å²) < 4.78 is 5.47. The van der Waals surface area contributed by atoms with E-state index in [1.807, 2.05) is 0 Å². The Hall–Kier alpha value is -2.83. The molecule has 0 heterocycles. The van der Waals surface area contributed by atoms with Crippen molar-refractivity contribution in [3.8, 4) is 5.75 Å². The van der Waals surface area contributed by atoms with Gasteiger partial charge in [0.2, 0.25) is 0 Å². The molecule has 0 aliphatic carbocycles. The van der Waals surface area contributed by atoms with E-state index in [0.29, 0.717) is 17.9 Å². The van der Waals surface area contributed by atoms with E-state index in [-0.39, 0.29) is 15.7 Å². The zero-order valence-electron chi connectivity index (χ0n) is 13.5. The molecule has 0 unspecified atom stereocenters. The minimum absolute atomic E-state index is 0.145. The maximum atomic E-state index is 11.9. The third-order valence-corrected chi connectivity index (χ3v) is 3.87. The predicted octanol–water partition coefficient (Wildman–Crippen LogP) is 3.65. The first-order valence-corrected chi connectivity index (χ1v) is 8.19. The molecule has 2 aromatic rings. The van der Waals surface area contributed by atoms with Crippen molar-refractivity contribution < 1.29 is 14.3 Å². The van der Waals surface area contributed by atoms with Crippen molar-refractivity contribution in [3.63, 3.8) is 0 Å². The molecule has 26 heavy (non-hydrogen) atoms. The van der Waals surface area contributed by atoms with Crippen LogP contribution in [0, 0.1) is 0 Å². The number of carbonyl (C=O) groups excluding carboxylic acids is 2. The fourth-order valence-corrected chi connectivity index (χ4v) is 2.21. The number of nitrogens with zero attached hydrogens (tertiary/aromatic N) is 1. The Kier molecular flexibility index (Phi) is 7.20. The molecule has 2 amide bonds. The second-order valence-electron chi connectivity index (χ2n) is 4.89. The van der Waals surface area contributed by atoms with Crippen LogP contribution in [0.15, 0.2) is 60.2 Å². The van der Waals surface area contributed by atoms with Gasteiger partial charge in [0.25, 0.3) is 0 Å². The minimum atomic E-state index is -0.957. The number of halogens is 2. The number of anilines is 1. The van der Waals surface area contributed by atoms with Crippen LogP contribution in [0.4, 0.5) is 5.69 Å². The number of ether oxygens (including phenoxy) is 1. The molecule has 0 aliphatic rings. The van der Waals surface area contributed by atoms with E-state index in [9.17, 15) is 9.59 Å². The van der Waals surface area contributed by atoms with E-state index < -0.39 is 11.8 Å². The average molecular weight is 392 g/mol. The maximum absolute atomic E-state index is 11.9. The molecule has 0 aliphatic heterocycles. The molecule has 0 fully saturated rings. The smallest absolute Gasteiger partial charge is 0.329 e. The van der Waals surface area contributed by atoms with Crippen molar-refractivity contribution in [1.29, 1.82) is 0 Å². The maximum Gasteiger partial charge on any atom is 0.329 e. The molecule has 0 aromatic heterocycles. The van der Waals surface area contributed by atoms with Crippen LogP contribution in [-0.2, 0) is 9.59 Å². The summed E-state index contributed by atoms with van der Waals surface area (Å²) in [6.07, 6.45) is 2.98. The van der Waals surface area contributed by atoms with Crippen LogP contribution in [-0.4, -0.2) is 24.6 Å². The summed E-state index contributed by atoms with van der Waals surface area (Å²) in [5.41, 5.74) is 3.00. The standard InChI is InChI=1S/C18H15Cl2N3O3/c1-2-10-26-15-9-4-3-6-12(15)11-21-23-18(25)17(24)22-14-8-5-7-13(19)16(14)20/h2-9,11H,1,10H2,(H,22,24)(H,23,25)/b21-11+. The van der Waals surface area contributed by atoms with Crippen LogP contribution < -0.4 is 15.5 Å². The van der Waals surface area contributed by atoms with Gasteiger partial charge in [-0.3, -0.25) is 9.59 Å². The predicted molar refractivity (Wildman–Crippen MR) is 103 cm³/mol. The highest BCUT2D eigenvalue weighted by atomic mass is 35.5. The minimum Gasteiger partial charge on any atom is -0.489 e. The Bertz CT molecular complexity index is 853. The zero-order chi connectivity index (χ0) is 18.9. The fraction of sp³-hybridized carbons (Fsp3) is 0.0556. The third-order valence-electron chi connectivity index (χ3n) is 3.05. The first-order valence-electron chi connectivity index (χ1n) is 7.44. The SMILES string of the molecule is C=CCOc1ccccc1/C=N/NC(=O)C(=O)Nc1cccc(Cl)c1Cl. The molecule has 0 saturated heterocycles. The van der Waals surface area contributed by atoms with Crippen molar-refractivity contribution >= 4 is 46.9 Å². The highest BCUT2D eigenvalue weighted by Crippen LogP contribution is 2.29. The number of rotatable bonds is 6. The molecule has 0 spiro atoms. The lowest BCUT2D eigenvalue weighted by Crippen LogP contribution is -2.32. The van der Waals surface area contributed by atoms with Gasteiger partial charge in [0.15, 0.2) is 0 Å². The summed E-state index contributed by atoms with van der Waals surface area (Å²) in [5.74, 6) is -1.31. The van der Waals surface area contributed by atoms with E-state index in [4.69, 9.17) is 27.9 Å². The second-order valence-corrected chi connectivity index (χ2v) is 5.68. The Balaban J connectivity index is 1.98. The monoisotopic (exact) mass is 391 g/mol.